The van der Waals surface area contributed by atoms with E-state index in [-0.39, 0.29) is 0 Å². The van der Waals surface area contributed by atoms with Gasteiger partial charge >= 0.3 is 0 Å². The topological polar surface area (TPSA) is 29.5 Å². The van der Waals surface area contributed by atoms with E-state index >= 15 is 0 Å². The molecule has 0 saturated heterocycles. The molecule has 3 heteroatoms. The van der Waals surface area contributed by atoms with Crippen LogP contribution < -0.4 is 0 Å². The lowest BCUT2D eigenvalue weighted by molar-refractivity contribution is -0.0980. The summed E-state index contributed by atoms with van der Waals surface area (Å²) in [6, 6.07) is 0. The molecule has 1 rings (SSSR count). The molecule has 0 aliphatic heterocycles. The second-order valence-corrected chi connectivity index (χ2v) is 14.2. The molecule has 0 amide bonds. The number of carbonyl (C=O) groups is 1. The van der Waals surface area contributed by atoms with Crippen molar-refractivity contribution in [2.75, 3.05) is 26.2 Å². The van der Waals surface area contributed by atoms with Gasteiger partial charge in [0.15, 0.2) is 0 Å². The van der Waals surface area contributed by atoms with Crippen LogP contribution in [-0.2, 0) is 9.53 Å². The molecule has 0 spiro atoms. The van der Waals surface area contributed by atoms with Crippen molar-refractivity contribution in [3.05, 3.63) is 48.8 Å². The van der Waals surface area contributed by atoms with Crippen molar-refractivity contribution in [1.82, 2.24) is 4.90 Å². The van der Waals surface area contributed by atoms with E-state index < -0.39 is 0 Å². The van der Waals surface area contributed by atoms with Crippen LogP contribution >= 0.6 is 0 Å². The zero-order valence-corrected chi connectivity index (χ0v) is 32.9. The standard InChI is InChI=1S/C31H61NO.C12H20.CH2O/c1-6-10-11-12-13-14-15-16-17-18-19-20-21-22-23-26-30(5)33-29-31(25-7-2)27-24-28-32(8-3)9-4;1-4-6-8-12(3)9-7-11(5-2)10-12;1-2/h13-14,31H,5-12,15-29H2,1-4H3;4,7H,1,5-6,8-10H2,2-3H3;1H2/b14-13-;;. The highest BCUT2D eigenvalue weighted by Gasteiger charge is 2.27. The third-order valence-electron chi connectivity index (χ3n) is 9.86. The first kappa shape index (κ1) is 47.5. The molecule has 0 fully saturated rings. The van der Waals surface area contributed by atoms with Gasteiger partial charge in [-0.05, 0) is 114 Å². The third-order valence-corrected chi connectivity index (χ3v) is 9.86. The molecule has 1 aliphatic rings. The number of rotatable bonds is 30. The van der Waals surface area contributed by atoms with E-state index in [1.54, 1.807) is 5.57 Å². The van der Waals surface area contributed by atoms with E-state index in [1.165, 1.54) is 161 Å². The molecule has 276 valence electrons. The maximum Gasteiger partial charge on any atom is 0.106 e. The summed E-state index contributed by atoms with van der Waals surface area (Å²) in [6.45, 7) is 28.1. The van der Waals surface area contributed by atoms with Gasteiger partial charge in [0.2, 0.25) is 0 Å². The second kappa shape index (κ2) is 35.7. The molecule has 0 aromatic rings. The molecule has 3 nitrogen and oxygen atoms in total. The van der Waals surface area contributed by atoms with Gasteiger partial charge in [-0.1, -0.05) is 136 Å². The molecule has 0 saturated carbocycles. The third kappa shape index (κ3) is 30.2. The summed E-state index contributed by atoms with van der Waals surface area (Å²) in [5, 5.41) is 0. The average Bonchev–Trinajstić information content (AvgIpc) is 3.48. The number of unbranched alkanes of at least 4 members (excludes halogenated alkanes) is 11. The quantitative estimate of drug-likeness (QED) is 0.0437. The molecule has 1 aliphatic carbocycles. The fraction of sp³-hybridized carbons (Fsp3) is 0.795. The summed E-state index contributed by atoms with van der Waals surface area (Å²) in [5.74, 6) is 1.71. The number of carbonyl (C=O) groups excluding carboxylic acids is 1. The Morgan fingerprint density at radius 1 is 0.830 bits per heavy atom. The summed E-state index contributed by atoms with van der Waals surface area (Å²) in [5.41, 5.74) is 2.21. The monoisotopic (exact) mass is 658 g/mol. The Morgan fingerprint density at radius 3 is 1.96 bits per heavy atom. The maximum absolute atomic E-state index is 8.00. The van der Waals surface area contributed by atoms with E-state index in [9.17, 15) is 0 Å². The number of hydrogen-bond donors (Lipinski definition) is 0. The molecule has 2 atom stereocenters. The predicted molar refractivity (Wildman–Crippen MR) is 212 cm³/mol. The Balaban J connectivity index is 0. The highest BCUT2D eigenvalue weighted by molar-refractivity contribution is 5.13. The predicted octanol–water partition coefficient (Wildman–Crippen LogP) is 14.0. The van der Waals surface area contributed by atoms with Crippen molar-refractivity contribution in [2.45, 2.75) is 189 Å². The Hall–Kier alpha value is -1.61. The summed E-state index contributed by atoms with van der Waals surface area (Å²) < 4.78 is 6.07. The summed E-state index contributed by atoms with van der Waals surface area (Å²) >= 11 is 0. The van der Waals surface area contributed by atoms with Crippen molar-refractivity contribution in [2.24, 2.45) is 11.3 Å². The Bertz CT molecular complexity index is 752. The molecular formula is C44H83NO2. The number of allylic oxidation sites excluding steroid dienone is 6. The van der Waals surface area contributed by atoms with Crippen LogP contribution in [0.2, 0.25) is 0 Å². The largest absolute Gasteiger partial charge is 0.498 e. The van der Waals surface area contributed by atoms with Gasteiger partial charge in [0.05, 0.1) is 12.4 Å². The van der Waals surface area contributed by atoms with Gasteiger partial charge < -0.3 is 14.4 Å². The zero-order chi connectivity index (χ0) is 35.4. The maximum atomic E-state index is 8.00. The Labute approximate surface area is 296 Å². The van der Waals surface area contributed by atoms with Gasteiger partial charge in [0.1, 0.15) is 6.79 Å². The molecule has 0 aromatic carbocycles. The van der Waals surface area contributed by atoms with Gasteiger partial charge in [0, 0.05) is 6.42 Å². The second-order valence-electron chi connectivity index (χ2n) is 14.2. The molecule has 47 heavy (non-hydrogen) atoms. The smallest absolute Gasteiger partial charge is 0.106 e. The van der Waals surface area contributed by atoms with E-state index in [0.717, 1.165) is 18.8 Å². The molecule has 0 bridgehead atoms. The summed E-state index contributed by atoms with van der Waals surface area (Å²) in [6.07, 6.45) is 39.3. The Kier molecular flexibility index (Phi) is 36.1. The lowest BCUT2D eigenvalue weighted by Gasteiger charge is -2.23. The van der Waals surface area contributed by atoms with E-state index in [1.807, 2.05) is 12.9 Å². The summed E-state index contributed by atoms with van der Waals surface area (Å²) in [4.78, 5) is 10.5. The minimum atomic E-state index is 0.555. The normalized spacial score (nSPS) is 16.3. The van der Waals surface area contributed by atoms with Crippen LogP contribution in [-0.4, -0.2) is 37.9 Å². The molecule has 0 radical (unpaired) electrons. The minimum absolute atomic E-state index is 0.555. The van der Waals surface area contributed by atoms with Crippen LogP contribution in [0.3, 0.4) is 0 Å². The van der Waals surface area contributed by atoms with Crippen LogP contribution in [0.15, 0.2) is 48.8 Å². The van der Waals surface area contributed by atoms with Crippen LogP contribution in [0, 0.1) is 11.3 Å². The summed E-state index contributed by atoms with van der Waals surface area (Å²) in [7, 11) is 0. The van der Waals surface area contributed by atoms with E-state index in [4.69, 9.17) is 9.53 Å². The van der Waals surface area contributed by atoms with Gasteiger partial charge in [-0.15, -0.1) is 6.58 Å². The first-order valence-electron chi connectivity index (χ1n) is 20.1. The van der Waals surface area contributed by atoms with Crippen molar-refractivity contribution >= 4 is 6.79 Å². The van der Waals surface area contributed by atoms with Crippen molar-refractivity contribution < 1.29 is 9.53 Å². The molecule has 0 N–H and O–H groups in total. The van der Waals surface area contributed by atoms with Crippen molar-refractivity contribution in [1.29, 1.82) is 0 Å². The molecule has 0 aromatic heterocycles. The van der Waals surface area contributed by atoms with Gasteiger partial charge in [-0.3, -0.25) is 0 Å². The van der Waals surface area contributed by atoms with Gasteiger partial charge in [-0.25, -0.2) is 0 Å². The van der Waals surface area contributed by atoms with Crippen LogP contribution in [0.5, 0.6) is 0 Å². The van der Waals surface area contributed by atoms with Crippen molar-refractivity contribution in [3.8, 4) is 0 Å². The Morgan fingerprint density at radius 2 is 1.43 bits per heavy atom. The van der Waals surface area contributed by atoms with E-state index in [0.29, 0.717) is 11.3 Å². The molecule has 0 heterocycles. The zero-order valence-electron chi connectivity index (χ0n) is 32.9. The highest BCUT2D eigenvalue weighted by Crippen LogP contribution is 2.41. The minimum Gasteiger partial charge on any atom is -0.498 e. The van der Waals surface area contributed by atoms with E-state index in [2.05, 4.69) is 77.8 Å². The molecular weight excluding hydrogens is 574 g/mol. The first-order valence-corrected chi connectivity index (χ1v) is 20.1. The van der Waals surface area contributed by atoms with Gasteiger partial charge in [0.25, 0.3) is 0 Å². The van der Waals surface area contributed by atoms with Crippen LogP contribution in [0.25, 0.3) is 0 Å². The van der Waals surface area contributed by atoms with Crippen LogP contribution in [0.4, 0.5) is 0 Å². The first-order chi connectivity index (χ1) is 22.9. The number of hydrogen-bond acceptors (Lipinski definition) is 3. The number of nitrogens with zero attached hydrogens (tertiary/aromatic N) is 1. The fourth-order valence-corrected chi connectivity index (χ4v) is 6.56. The lowest BCUT2D eigenvalue weighted by atomic mass is 9.82. The number of ether oxygens (including phenoxy) is 1. The highest BCUT2D eigenvalue weighted by atomic mass is 16.5. The lowest BCUT2D eigenvalue weighted by Crippen LogP contribution is -2.24. The SMILES string of the molecule is C=C(CCCCCCCCCC/C=C\CCCCC)OCC(CCC)CCCN(CC)CC.C=CCCC1(C)CC=C(CC)C1.C=O. The average molecular weight is 658 g/mol. The molecule has 2 unspecified atom stereocenters. The van der Waals surface area contributed by atoms with Crippen molar-refractivity contribution in [3.63, 3.8) is 0 Å². The van der Waals surface area contributed by atoms with Gasteiger partial charge in [-0.2, -0.15) is 0 Å². The fourth-order valence-electron chi connectivity index (χ4n) is 6.56. The van der Waals surface area contributed by atoms with Crippen LogP contribution in [0.1, 0.15) is 189 Å².